The molecule has 3 saturated heterocycles. The molecule has 1 N–H and O–H groups in total. The van der Waals surface area contributed by atoms with Gasteiger partial charge >= 0.3 is 0 Å². The third-order valence-electron chi connectivity index (χ3n) is 7.77. The minimum absolute atomic E-state index is 0.136. The molecule has 3 fully saturated rings. The molecule has 0 aliphatic carbocycles. The minimum atomic E-state index is -3.55. The molecule has 3 aliphatic heterocycles. The number of hydrogen-bond acceptors (Lipinski definition) is 4. The lowest BCUT2D eigenvalue weighted by atomic mass is 9.97. The number of carbonyl (C=O) groups is 2. The first-order valence-electron chi connectivity index (χ1n) is 12.7. The first-order valence-corrected chi connectivity index (χ1v) is 14.1. The lowest BCUT2D eigenvalue weighted by molar-refractivity contribution is -0.142. The van der Waals surface area contributed by atoms with Crippen LogP contribution in [0.3, 0.4) is 0 Å². The monoisotopic (exact) mass is 508 g/mol. The third kappa shape index (κ3) is 5.39. The molecule has 0 aromatic heterocycles. The number of piperidine rings is 1. The van der Waals surface area contributed by atoms with Gasteiger partial charge in [0.05, 0.1) is 12.0 Å². The van der Waals surface area contributed by atoms with Gasteiger partial charge < -0.3 is 10.2 Å². The van der Waals surface area contributed by atoms with Crippen LogP contribution in [0.1, 0.15) is 63.1 Å². The van der Waals surface area contributed by atoms with Crippen molar-refractivity contribution in [2.24, 2.45) is 11.8 Å². The van der Waals surface area contributed by atoms with Gasteiger partial charge in [-0.1, -0.05) is 25.5 Å². The van der Waals surface area contributed by atoms with Gasteiger partial charge in [0.25, 0.3) is 10.2 Å². The van der Waals surface area contributed by atoms with Crippen molar-refractivity contribution in [1.82, 2.24) is 18.8 Å². The van der Waals surface area contributed by atoms with E-state index in [-0.39, 0.29) is 30.2 Å². The molecule has 1 aromatic carbocycles. The molecule has 2 amide bonds. The summed E-state index contributed by atoms with van der Waals surface area (Å²) < 4.78 is 42.6. The number of aryl methyl sites for hydroxylation is 1. The van der Waals surface area contributed by atoms with Crippen LogP contribution in [0.5, 0.6) is 0 Å². The maximum Gasteiger partial charge on any atom is 0.282 e. The highest BCUT2D eigenvalue weighted by Gasteiger charge is 2.43. The molecule has 0 saturated carbocycles. The highest BCUT2D eigenvalue weighted by atomic mass is 32.2. The molecule has 8 nitrogen and oxygen atoms in total. The van der Waals surface area contributed by atoms with E-state index in [1.54, 1.807) is 24.0 Å². The van der Waals surface area contributed by atoms with Crippen LogP contribution in [-0.4, -0.2) is 72.5 Å². The first-order chi connectivity index (χ1) is 16.6. The van der Waals surface area contributed by atoms with E-state index in [1.165, 1.54) is 14.7 Å². The zero-order valence-corrected chi connectivity index (χ0v) is 21.7. The molecule has 1 unspecified atom stereocenters. The minimum Gasteiger partial charge on any atom is -0.348 e. The predicted molar refractivity (Wildman–Crippen MR) is 131 cm³/mol. The van der Waals surface area contributed by atoms with Gasteiger partial charge in [0.1, 0.15) is 11.9 Å². The van der Waals surface area contributed by atoms with E-state index in [4.69, 9.17) is 0 Å². The molecule has 3 atom stereocenters. The smallest absolute Gasteiger partial charge is 0.282 e. The number of amides is 2. The van der Waals surface area contributed by atoms with Crippen molar-refractivity contribution >= 4 is 22.0 Å². The standard InChI is InChI=1S/C25H37FN4O4S/c1-4-19-14-29(15-19)35(33,34)28-11-5-7-21(16-28)25(32)30-12-6-8-23(30)24(31)27-18(3)20-9-10-22(26)17(2)13-20/h9-10,13,18-19,21,23H,4-8,11-12,14-16H2,1-3H3,(H,27,31)/t18?,21-,23+/m0/s1. The van der Waals surface area contributed by atoms with Crippen LogP contribution in [-0.2, 0) is 19.8 Å². The summed E-state index contributed by atoms with van der Waals surface area (Å²) in [6.07, 6.45) is 3.53. The highest BCUT2D eigenvalue weighted by molar-refractivity contribution is 7.86. The number of benzene rings is 1. The summed E-state index contributed by atoms with van der Waals surface area (Å²) in [4.78, 5) is 28.2. The number of likely N-dealkylation sites (tertiary alicyclic amines) is 1. The van der Waals surface area contributed by atoms with Crippen LogP contribution >= 0.6 is 0 Å². The van der Waals surface area contributed by atoms with Gasteiger partial charge in [0.2, 0.25) is 11.8 Å². The number of rotatable bonds is 7. The maximum atomic E-state index is 13.6. The molecule has 35 heavy (non-hydrogen) atoms. The average molecular weight is 509 g/mol. The van der Waals surface area contributed by atoms with Crippen molar-refractivity contribution in [3.63, 3.8) is 0 Å². The summed E-state index contributed by atoms with van der Waals surface area (Å²) in [5.74, 6) is -0.674. The third-order valence-corrected chi connectivity index (χ3v) is 9.70. The van der Waals surface area contributed by atoms with E-state index < -0.39 is 22.2 Å². The Morgan fingerprint density at radius 3 is 2.51 bits per heavy atom. The van der Waals surface area contributed by atoms with Crippen molar-refractivity contribution in [2.45, 2.75) is 65.0 Å². The average Bonchev–Trinajstić information content (AvgIpc) is 3.29. The Hall–Kier alpha value is -2.04. The van der Waals surface area contributed by atoms with E-state index in [2.05, 4.69) is 12.2 Å². The Kier molecular flexibility index (Phi) is 7.83. The van der Waals surface area contributed by atoms with Crippen LogP contribution in [0.15, 0.2) is 18.2 Å². The van der Waals surface area contributed by atoms with E-state index >= 15 is 0 Å². The Balaban J connectivity index is 1.38. The second kappa shape index (κ2) is 10.5. The zero-order chi connectivity index (χ0) is 25.3. The molecule has 4 rings (SSSR count). The summed E-state index contributed by atoms with van der Waals surface area (Å²) in [7, 11) is -3.55. The molecule has 10 heteroatoms. The molecular formula is C25H37FN4O4S. The molecular weight excluding hydrogens is 471 g/mol. The first kappa shape index (κ1) is 26.0. The fraction of sp³-hybridized carbons (Fsp3) is 0.680. The Morgan fingerprint density at radius 1 is 1.11 bits per heavy atom. The van der Waals surface area contributed by atoms with Crippen LogP contribution in [0, 0.1) is 24.6 Å². The molecule has 194 valence electrons. The summed E-state index contributed by atoms with van der Waals surface area (Å²) in [5, 5.41) is 2.98. The number of carbonyl (C=O) groups excluding carboxylic acids is 2. The fourth-order valence-electron chi connectivity index (χ4n) is 5.35. The number of nitrogens with one attached hydrogen (secondary N) is 1. The van der Waals surface area contributed by atoms with Crippen molar-refractivity contribution in [2.75, 3.05) is 32.7 Å². The van der Waals surface area contributed by atoms with Crippen molar-refractivity contribution in [3.05, 3.63) is 35.1 Å². The lowest BCUT2D eigenvalue weighted by Crippen LogP contribution is -2.58. The summed E-state index contributed by atoms with van der Waals surface area (Å²) in [6.45, 7) is 7.78. The molecule has 3 heterocycles. The topological polar surface area (TPSA) is 90.0 Å². The van der Waals surface area contributed by atoms with Gasteiger partial charge in [-0.25, -0.2) is 4.39 Å². The highest BCUT2D eigenvalue weighted by Crippen LogP contribution is 2.30. The van der Waals surface area contributed by atoms with Crippen LogP contribution in [0.2, 0.25) is 0 Å². The number of halogens is 1. The Bertz CT molecular complexity index is 1060. The van der Waals surface area contributed by atoms with Crippen molar-refractivity contribution in [3.8, 4) is 0 Å². The van der Waals surface area contributed by atoms with Gasteiger partial charge in [-0.05, 0) is 62.6 Å². The molecule has 1 aromatic rings. The number of hydrogen-bond donors (Lipinski definition) is 1. The lowest BCUT2D eigenvalue weighted by Gasteiger charge is -2.42. The van der Waals surface area contributed by atoms with E-state index in [9.17, 15) is 22.4 Å². The SMILES string of the molecule is CCC1CN(S(=O)(=O)N2CCC[C@H](C(=O)N3CCC[C@@H]3C(=O)NC(C)c3ccc(F)c(C)c3)C2)C1. The van der Waals surface area contributed by atoms with Crippen LogP contribution in [0.4, 0.5) is 4.39 Å². The van der Waals surface area contributed by atoms with Crippen LogP contribution in [0.25, 0.3) is 0 Å². The van der Waals surface area contributed by atoms with Gasteiger partial charge in [0, 0.05) is 32.7 Å². The second-order valence-electron chi connectivity index (χ2n) is 10.2. The zero-order valence-electron chi connectivity index (χ0n) is 20.9. The van der Waals surface area contributed by atoms with E-state index in [0.717, 1.165) is 18.4 Å². The fourth-order valence-corrected chi connectivity index (χ4v) is 7.21. The normalized spacial score (nSPS) is 25.3. The molecule has 0 bridgehead atoms. The van der Waals surface area contributed by atoms with Crippen molar-refractivity contribution < 1.29 is 22.4 Å². The Labute approximate surface area is 208 Å². The van der Waals surface area contributed by atoms with E-state index in [0.29, 0.717) is 56.9 Å². The largest absolute Gasteiger partial charge is 0.348 e. The maximum absolute atomic E-state index is 13.6. The molecule has 3 aliphatic rings. The van der Waals surface area contributed by atoms with Crippen molar-refractivity contribution in [1.29, 1.82) is 0 Å². The van der Waals surface area contributed by atoms with Gasteiger partial charge in [0.15, 0.2) is 0 Å². The summed E-state index contributed by atoms with van der Waals surface area (Å²) in [6, 6.07) is 3.88. The van der Waals surface area contributed by atoms with Gasteiger partial charge in [-0.15, -0.1) is 0 Å². The molecule has 0 radical (unpaired) electrons. The van der Waals surface area contributed by atoms with Gasteiger partial charge in [-0.2, -0.15) is 17.0 Å². The second-order valence-corrected chi connectivity index (χ2v) is 12.2. The summed E-state index contributed by atoms with van der Waals surface area (Å²) >= 11 is 0. The number of nitrogens with zero attached hydrogens (tertiary/aromatic N) is 3. The molecule has 0 spiro atoms. The van der Waals surface area contributed by atoms with Crippen LogP contribution < -0.4 is 5.32 Å². The Morgan fingerprint density at radius 2 is 1.83 bits per heavy atom. The van der Waals surface area contributed by atoms with E-state index in [1.807, 2.05) is 6.92 Å². The predicted octanol–water partition coefficient (Wildman–Crippen LogP) is 2.60. The quantitative estimate of drug-likeness (QED) is 0.613. The van der Waals surface area contributed by atoms with Gasteiger partial charge in [-0.3, -0.25) is 9.59 Å². The summed E-state index contributed by atoms with van der Waals surface area (Å²) in [5.41, 5.74) is 1.32.